The van der Waals surface area contributed by atoms with Crippen LogP contribution in [0.15, 0.2) is 24.5 Å². The van der Waals surface area contributed by atoms with Crippen molar-refractivity contribution in [2.45, 2.75) is 6.54 Å². The molecular formula is C12H8ClN5. The maximum Gasteiger partial charge on any atom is 0.177 e. The summed E-state index contributed by atoms with van der Waals surface area (Å²) in [6.45, 7) is 0.387. The molecule has 1 heterocycles. The lowest BCUT2D eigenvalue weighted by Gasteiger charge is -2.07. The maximum absolute atomic E-state index is 9.05. The molecule has 2 rings (SSSR count). The van der Waals surface area contributed by atoms with Gasteiger partial charge in [-0.15, -0.1) is 0 Å². The van der Waals surface area contributed by atoms with Crippen LogP contribution in [-0.2, 0) is 6.54 Å². The number of hydrogen-bond acceptors (Lipinski definition) is 4. The van der Waals surface area contributed by atoms with Crippen molar-refractivity contribution < 1.29 is 0 Å². The Balaban J connectivity index is 2.60. The number of aromatic nitrogens is 2. The van der Waals surface area contributed by atoms with Crippen molar-refractivity contribution in [2.75, 3.05) is 0 Å². The second-order valence-electron chi connectivity index (χ2n) is 3.53. The number of benzene rings is 1. The molecule has 0 radical (unpaired) electrons. The molecule has 0 unspecified atom stereocenters. The molecule has 18 heavy (non-hydrogen) atoms. The van der Waals surface area contributed by atoms with Gasteiger partial charge < -0.3 is 5.73 Å². The molecule has 2 N–H and O–H groups in total. The number of nitriles is 2. The minimum Gasteiger partial charge on any atom is -0.326 e. The normalized spacial score (nSPS) is 9.78. The Labute approximate surface area is 109 Å². The fourth-order valence-corrected chi connectivity index (χ4v) is 1.89. The van der Waals surface area contributed by atoms with Gasteiger partial charge in [0.05, 0.1) is 10.7 Å². The second-order valence-corrected chi connectivity index (χ2v) is 3.93. The van der Waals surface area contributed by atoms with Crippen molar-refractivity contribution in [1.82, 2.24) is 9.55 Å². The van der Waals surface area contributed by atoms with Gasteiger partial charge in [0.1, 0.15) is 18.5 Å². The van der Waals surface area contributed by atoms with Crippen LogP contribution in [0.3, 0.4) is 0 Å². The fourth-order valence-electron chi connectivity index (χ4n) is 1.59. The Bertz CT molecular complexity index is 675. The Morgan fingerprint density at radius 2 is 2.11 bits per heavy atom. The first-order chi connectivity index (χ1) is 8.71. The van der Waals surface area contributed by atoms with Gasteiger partial charge in [-0.3, -0.25) is 4.57 Å². The van der Waals surface area contributed by atoms with E-state index >= 15 is 0 Å². The van der Waals surface area contributed by atoms with Gasteiger partial charge in [0, 0.05) is 6.54 Å². The first-order valence-electron chi connectivity index (χ1n) is 5.07. The molecule has 0 aliphatic heterocycles. The smallest absolute Gasteiger partial charge is 0.177 e. The van der Waals surface area contributed by atoms with Crippen LogP contribution in [0.25, 0.3) is 5.69 Å². The predicted molar refractivity (Wildman–Crippen MR) is 65.9 cm³/mol. The first kappa shape index (κ1) is 12.1. The van der Waals surface area contributed by atoms with Crippen molar-refractivity contribution in [2.24, 2.45) is 5.73 Å². The summed E-state index contributed by atoms with van der Waals surface area (Å²) in [6, 6.07) is 9.09. The van der Waals surface area contributed by atoms with Crippen LogP contribution in [0, 0.1) is 22.7 Å². The van der Waals surface area contributed by atoms with Crippen molar-refractivity contribution in [3.63, 3.8) is 0 Å². The highest BCUT2D eigenvalue weighted by Gasteiger charge is 2.13. The highest BCUT2D eigenvalue weighted by Crippen LogP contribution is 2.24. The van der Waals surface area contributed by atoms with Gasteiger partial charge in [0.25, 0.3) is 0 Å². The van der Waals surface area contributed by atoms with E-state index in [1.807, 2.05) is 18.2 Å². The van der Waals surface area contributed by atoms with Gasteiger partial charge in [-0.05, 0) is 17.7 Å². The van der Waals surface area contributed by atoms with Crippen molar-refractivity contribution in [3.05, 3.63) is 46.5 Å². The molecule has 0 atom stereocenters. The lowest BCUT2D eigenvalue weighted by atomic mass is 10.2. The van der Waals surface area contributed by atoms with E-state index < -0.39 is 0 Å². The number of nitrogens with zero attached hydrogens (tertiary/aromatic N) is 4. The molecule has 0 saturated heterocycles. The summed E-state index contributed by atoms with van der Waals surface area (Å²) >= 11 is 6.13. The van der Waals surface area contributed by atoms with E-state index in [1.54, 1.807) is 12.1 Å². The molecule has 0 spiro atoms. The lowest BCUT2D eigenvalue weighted by molar-refractivity contribution is 1.02. The number of rotatable bonds is 2. The predicted octanol–water partition coefficient (Wildman–Crippen LogP) is 1.73. The van der Waals surface area contributed by atoms with Crippen LogP contribution < -0.4 is 5.73 Å². The molecule has 88 valence electrons. The summed E-state index contributed by atoms with van der Waals surface area (Å²) in [5, 5.41) is 18.3. The summed E-state index contributed by atoms with van der Waals surface area (Å²) < 4.78 is 1.49. The molecular weight excluding hydrogens is 250 g/mol. The van der Waals surface area contributed by atoms with Crippen LogP contribution in [0.4, 0.5) is 0 Å². The number of halogens is 1. The molecule has 2 aromatic rings. The molecule has 5 nitrogen and oxygen atoms in total. The molecule has 0 amide bonds. The molecule has 0 saturated carbocycles. The van der Waals surface area contributed by atoms with Crippen LogP contribution in [-0.4, -0.2) is 9.55 Å². The number of hydrogen-bond donors (Lipinski definition) is 1. The monoisotopic (exact) mass is 257 g/mol. The van der Waals surface area contributed by atoms with Gasteiger partial charge in [0.2, 0.25) is 0 Å². The first-order valence-corrected chi connectivity index (χ1v) is 5.45. The number of nitrogens with two attached hydrogens (primary N) is 1. The summed E-state index contributed by atoms with van der Waals surface area (Å²) in [5.74, 6) is 0. The quantitative estimate of drug-likeness (QED) is 0.887. The topological polar surface area (TPSA) is 91.4 Å². The van der Waals surface area contributed by atoms with Gasteiger partial charge in [-0.25, -0.2) is 4.98 Å². The summed E-state index contributed by atoms with van der Waals surface area (Å²) in [6.07, 6.45) is 1.40. The Morgan fingerprint density at radius 1 is 1.33 bits per heavy atom. The summed E-state index contributed by atoms with van der Waals surface area (Å²) in [4.78, 5) is 3.86. The largest absolute Gasteiger partial charge is 0.326 e. The van der Waals surface area contributed by atoms with E-state index in [1.165, 1.54) is 10.9 Å². The molecule has 0 bridgehead atoms. The fraction of sp³-hybridized carbons (Fsp3) is 0.0833. The lowest BCUT2D eigenvalue weighted by Crippen LogP contribution is -2.00. The van der Waals surface area contributed by atoms with Crippen LogP contribution in [0.5, 0.6) is 0 Å². The van der Waals surface area contributed by atoms with Gasteiger partial charge >= 0.3 is 0 Å². The van der Waals surface area contributed by atoms with Crippen LogP contribution in [0.1, 0.15) is 17.0 Å². The summed E-state index contributed by atoms with van der Waals surface area (Å²) in [5.41, 5.74) is 7.25. The third-order valence-electron chi connectivity index (χ3n) is 2.49. The molecule has 1 aromatic carbocycles. The van der Waals surface area contributed by atoms with Crippen molar-refractivity contribution in [1.29, 1.82) is 10.5 Å². The third kappa shape index (κ3) is 1.93. The van der Waals surface area contributed by atoms with E-state index in [0.29, 0.717) is 17.3 Å². The van der Waals surface area contributed by atoms with Gasteiger partial charge in [0.15, 0.2) is 11.4 Å². The Morgan fingerprint density at radius 3 is 2.67 bits per heavy atom. The zero-order chi connectivity index (χ0) is 13.1. The SMILES string of the molecule is N#Cc1ncn(-c2ccc(CN)cc2Cl)c1C#N. The van der Waals surface area contributed by atoms with E-state index in [0.717, 1.165) is 5.56 Å². The molecule has 0 aliphatic rings. The highest BCUT2D eigenvalue weighted by molar-refractivity contribution is 6.32. The average Bonchev–Trinajstić information content (AvgIpc) is 2.81. The standard InChI is InChI=1S/C12H8ClN5/c13-9-3-8(4-14)1-2-11(9)18-7-17-10(5-15)12(18)6-16/h1-3,7H,4,14H2. The Kier molecular flexibility index (Phi) is 3.29. The van der Waals surface area contributed by atoms with Gasteiger partial charge in [-0.1, -0.05) is 17.7 Å². The molecule has 1 aromatic heterocycles. The second kappa shape index (κ2) is 4.89. The van der Waals surface area contributed by atoms with Crippen molar-refractivity contribution in [3.8, 4) is 17.8 Å². The molecule has 0 fully saturated rings. The Hall–Kier alpha value is -2.34. The average molecular weight is 258 g/mol. The van der Waals surface area contributed by atoms with E-state index in [9.17, 15) is 0 Å². The summed E-state index contributed by atoms with van der Waals surface area (Å²) in [7, 11) is 0. The molecule has 6 heteroatoms. The minimum absolute atomic E-state index is 0.0801. The van der Waals surface area contributed by atoms with Crippen molar-refractivity contribution >= 4 is 11.6 Å². The van der Waals surface area contributed by atoms with E-state index in [-0.39, 0.29) is 11.4 Å². The zero-order valence-corrected chi connectivity index (χ0v) is 10.0. The van der Waals surface area contributed by atoms with Gasteiger partial charge in [-0.2, -0.15) is 10.5 Å². The third-order valence-corrected chi connectivity index (χ3v) is 2.79. The van der Waals surface area contributed by atoms with Crippen LogP contribution in [0.2, 0.25) is 5.02 Å². The minimum atomic E-state index is 0.0801. The molecule has 0 aliphatic carbocycles. The number of imidazole rings is 1. The van der Waals surface area contributed by atoms with E-state index in [2.05, 4.69) is 4.98 Å². The zero-order valence-electron chi connectivity index (χ0n) is 9.26. The highest BCUT2D eigenvalue weighted by atomic mass is 35.5. The van der Waals surface area contributed by atoms with E-state index in [4.69, 9.17) is 27.9 Å². The maximum atomic E-state index is 9.05. The van der Waals surface area contributed by atoms with Crippen LogP contribution >= 0.6 is 11.6 Å².